The Hall–Kier alpha value is -5.35. The van der Waals surface area contributed by atoms with Gasteiger partial charge in [-0.15, -0.1) is 0 Å². The SMILES string of the molecule is NC(=O)c1cccc(-c2cc(C(=O)N3CCN(C4CCN(C(=O)c5ccccc5)CC4)CC3)cc(-c3cccc(C(N)=O)c3)n2)c1. The van der Waals surface area contributed by atoms with E-state index in [1.54, 1.807) is 48.5 Å². The molecule has 6 rings (SSSR count). The van der Waals surface area contributed by atoms with Crippen LogP contribution in [0.3, 0.4) is 0 Å². The maximum Gasteiger partial charge on any atom is 0.254 e. The molecule has 0 spiro atoms. The number of hydrogen-bond acceptors (Lipinski definition) is 6. The van der Waals surface area contributed by atoms with Gasteiger partial charge >= 0.3 is 0 Å². The van der Waals surface area contributed by atoms with Crippen LogP contribution >= 0.6 is 0 Å². The number of aromatic nitrogens is 1. The summed E-state index contributed by atoms with van der Waals surface area (Å²) in [7, 11) is 0. The van der Waals surface area contributed by atoms with Crippen molar-refractivity contribution in [3.63, 3.8) is 0 Å². The van der Waals surface area contributed by atoms with Crippen molar-refractivity contribution in [3.8, 4) is 22.5 Å². The van der Waals surface area contributed by atoms with E-state index in [4.69, 9.17) is 16.5 Å². The van der Waals surface area contributed by atoms with E-state index in [0.29, 0.717) is 71.4 Å². The van der Waals surface area contributed by atoms with Crippen molar-refractivity contribution in [2.45, 2.75) is 18.9 Å². The van der Waals surface area contributed by atoms with Crippen LogP contribution in [0.25, 0.3) is 22.5 Å². The molecule has 2 aliphatic heterocycles. The highest BCUT2D eigenvalue weighted by Crippen LogP contribution is 2.28. The number of likely N-dealkylation sites (tertiary alicyclic amines) is 1. The average molecular weight is 617 g/mol. The van der Waals surface area contributed by atoms with E-state index in [2.05, 4.69) is 4.90 Å². The second kappa shape index (κ2) is 13.3. The van der Waals surface area contributed by atoms with Crippen molar-refractivity contribution >= 4 is 23.6 Å². The quantitative estimate of drug-likeness (QED) is 0.324. The molecular weight excluding hydrogens is 580 g/mol. The first-order valence-corrected chi connectivity index (χ1v) is 15.5. The predicted molar refractivity (Wildman–Crippen MR) is 175 cm³/mol. The maximum atomic E-state index is 13.9. The minimum absolute atomic E-state index is 0.0771. The summed E-state index contributed by atoms with van der Waals surface area (Å²) < 4.78 is 0. The fourth-order valence-electron chi connectivity index (χ4n) is 6.28. The summed E-state index contributed by atoms with van der Waals surface area (Å²) in [5, 5.41) is 0. The van der Waals surface area contributed by atoms with Gasteiger partial charge < -0.3 is 21.3 Å². The van der Waals surface area contributed by atoms with Gasteiger partial charge in [0.25, 0.3) is 11.8 Å². The molecule has 0 atom stereocenters. The second-order valence-corrected chi connectivity index (χ2v) is 11.7. The number of amides is 4. The van der Waals surface area contributed by atoms with Crippen LogP contribution in [0.2, 0.25) is 0 Å². The summed E-state index contributed by atoms with van der Waals surface area (Å²) in [4.78, 5) is 61.6. The molecule has 0 unspecified atom stereocenters. The molecule has 3 aromatic carbocycles. The summed E-state index contributed by atoms with van der Waals surface area (Å²) in [6, 6.07) is 26.9. The normalized spacial score (nSPS) is 15.8. The number of carbonyl (C=O) groups is 4. The Balaban J connectivity index is 1.18. The van der Waals surface area contributed by atoms with Crippen LogP contribution in [0.4, 0.5) is 0 Å². The third-order valence-corrected chi connectivity index (χ3v) is 8.85. The summed E-state index contributed by atoms with van der Waals surface area (Å²) in [6.45, 7) is 4.07. The van der Waals surface area contributed by atoms with Gasteiger partial charge in [-0.3, -0.25) is 24.1 Å². The van der Waals surface area contributed by atoms with Crippen LogP contribution in [0.15, 0.2) is 91.0 Å². The van der Waals surface area contributed by atoms with E-state index in [9.17, 15) is 19.2 Å². The van der Waals surface area contributed by atoms with Gasteiger partial charge in [-0.1, -0.05) is 42.5 Å². The van der Waals surface area contributed by atoms with Gasteiger partial charge in [0.2, 0.25) is 11.8 Å². The lowest BCUT2D eigenvalue weighted by Crippen LogP contribution is -2.54. The number of carbonyl (C=O) groups excluding carboxylic acids is 4. The van der Waals surface area contributed by atoms with E-state index in [0.717, 1.165) is 31.5 Å². The third kappa shape index (κ3) is 6.67. The summed E-state index contributed by atoms with van der Waals surface area (Å²) in [5.74, 6) is -1.16. The number of pyridine rings is 1. The standard InChI is InChI=1S/C36H36N6O4/c37-33(43)27-10-4-8-25(20-27)31-22-29(23-32(39-31)26-9-5-11-28(21-26)34(38)44)36(46)42-18-16-40(17-19-42)30-12-14-41(15-13-30)35(45)24-6-2-1-3-7-24/h1-11,20-23,30H,12-19H2,(H2,37,43)(H2,38,44). The Labute approximate surface area is 267 Å². The average Bonchev–Trinajstić information content (AvgIpc) is 3.11. The molecule has 0 aliphatic carbocycles. The minimum Gasteiger partial charge on any atom is -0.366 e. The minimum atomic E-state index is -0.560. The van der Waals surface area contributed by atoms with Gasteiger partial charge in [0, 0.05) is 78.7 Å². The largest absolute Gasteiger partial charge is 0.366 e. The van der Waals surface area contributed by atoms with Crippen LogP contribution < -0.4 is 11.5 Å². The van der Waals surface area contributed by atoms with Crippen molar-refractivity contribution in [2.75, 3.05) is 39.3 Å². The van der Waals surface area contributed by atoms with Crippen molar-refractivity contribution in [1.82, 2.24) is 19.7 Å². The topological polar surface area (TPSA) is 143 Å². The number of rotatable bonds is 7. The molecule has 3 heterocycles. The van der Waals surface area contributed by atoms with Crippen LogP contribution in [0.5, 0.6) is 0 Å². The molecule has 4 N–H and O–H groups in total. The van der Waals surface area contributed by atoms with Gasteiger partial charge in [-0.25, -0.2) is 4.98 Å². The maximum absolute atomic E-state index is 13.9. The van der Waals surface area contributed by atoms with Crippen LogP contribution in [0, 0.1) is 0 Å². The lowest BCUT2D eigenvalue weighted by atomic mass is 10.0. The van der Waals surface area contributed by atoms with Crippen molar-refractivity contribution in [1.29, 1.82) is 0 Å². The highest BCUT2D eigenvalue weighted by molar-refractivity contribution is 5.98. The highest BCUT2D eigenvalue weighted by atomic mass is 16.2. The van der Waals surface area contributed by atoms with Crippen LogP contribution in [-0.2, 0) is 0 Å². The number of primary amides is 2. The highest BCUT2D eigenvalue weighted by Gasteiger charge is 2.31. The Morgan fingerprint density at radius 2 is 1.02 bits per heavy atom. The van der Waals surface area contributed by atoms with E-state index >= 15 is 0 Å². The molecular formula is C36H36N6O4. The molecule has 1 aromatic heterocycles. The van der Waals surface area contributed by atoms with Gasteiger partial charge in [0.05, 0.1) is 11.4 Å². The molecule has 10 nitrogen and oxygen atoms in total. The first-order chi connectivity index (χ1) is 22.3. The molecule has 4 aromatic rings. The number of piperazine rings is 1. The second-order valence-electron chi connectivity index (χ2n) is 11.7. The number of nitrogens with two attached hydrogens (primary N) is 2. The van der Waals surface area contributed by atoms with E-state index in [-0.39, 0.29) is 11.8 Å². The smallest absolute Gasteiger partial charge is 0.254 e. The number of hydrogen-bond donors (Lipinski definition) is 2. The lowest BCUT2D eigenvalue weighted by molar-refractivity contribution is 0.0412. The zero-order chi connectivity index (χ0) is 32.2. The summed E-state index contributed by atoms with van der Waals surface area (Å²) in [6.07, 6.45) is 1.80. The summed E-state index contributed by atoms with van der Waals surface area (Å²) in [5.41, 5.74) is 15.2. The first-order valence-electron chi connectivity index (χ1n) is 15.5. The molecule has 46 heavy (non-hydrogen) atoms. The van der Waals surface area contributed by atoms with Crippen LogP contribution in [-0.4, -0.2) is 88.6 Å². The lowest BCUT2D eigenvalue weighted by Gasteiger charge is -2.42. The number of benzene rings is 3. The zero-order valence-electron chi connectivity index (χ0n) is 25.5. The Kier molecular flexibility index (Phi) is 8.89. The molecule has 4 amide bonds. The van der Waals surface area contributed by atoms with E-state index < -0.39 is 11.8 Å². The van der Waals surface area contributed by atoms with Gasteiger partial charge in [0.15, 0.2) is 0 Å². The molecule has 2 aliphatic rings. The fraction of sp³-hybridized carbons (Fsp3) is 0.250. The van der Waals surface area contributed by atoms with Crippen molar-refractivity contribution < 1.29 is 19.2 Å². The third-order valence-electron chi connectivity index (χ3n) is 8.85. The van der Waals surface area contributed by atoms with E-state index in [1.807, 2.05) is 52.3 Å². The molecule has 10 heteroatoms. The Bertz CT molecular complexity index is 1700. The van der Waals surface area contributed by atoms with E-state index in [1.165, 1.54) is 0 Å². The van der Waals surface area contributed by atoms with Crippen molar-refractivity contribution in [3.05, 3.63) is 113 Å². The van der Waals surface area contributed by atoms with Crippen molar-refractivity contribution in [2.24, 2.45) is 11.5 Å². The monoisotopic (exact) mass is 616 g/mol. The predicted octanol–water partition coefficient (Wildman–Crippen LogP) is 3.68. The first kappa shape index (κ1) is 30.7. The summed E-state index contributed by atoms with van der Waals surface area (Å²) >= 11 is 0. The fourth-order valence-corrected chi connectivity index (χ4v) is 6.28. The van der Waals surface area contributed by atoms with Gasteiger partial charge in [-0.2, -0.15) is 0 Å². The zero-order valence-corrected chi connectivity index (χ0v) is 25.5. The Morgan fingerprint density at radius 1 is 0.543 bits per heavy atom. The van der Waals surface area contributed by atoms with Crippen LogP contribution in [0.1, 0.15) is 54.3 Å². The van der Waals surface area contributed by atoms with Gasteiger partial charge in [-0.05, 0) is 61.4 Å². The molecule has 234 valence electrons. The van der Waals surface area contributed by atoms with Gasteiger partial charge in [0.1, 0.15) is 0 Å². The molecule has 0 bridgehead atoms. The number of nitrogens with zero attached hydrogens (tertiary/aromatic N) is 4. The Morgan fingerprint density at radius 3 is 1.54 bits per heavy atom. The number of piperidine rings is 1. The molecule has 2 fully saturated rings. The molecule has 0 radical (unpaired) electrons. The molecule has 2 saturated heterocycles. The molecule has 0 saturated carbocycles.